The number of β-amino-alcohol motifs (C(OH)–C–C–N with tert-alkyl or cyclic N) is 1. The van der Waals surface area contributed by atoms with Crippen molar-refractivity contribution in [3.05, 3.63) is 0 Å². The fraction of sp³-hybridized carbons (Fsp3) is 0.700. The van der Waals surface area contributed by atoms with Crippen molar-refractivity contribution in [2.75, 3.05) is 13.1 Å². The van der Waals surface area contributed by atoms with Crippen LogP contribution in [0.2, 0.25) is 0 Å². The lowest BCUT2D eigenvalue weighted by atomic mass is 9.96. The maximum Gasteiger partial charge on any atom is 0.410 e. The third-order valence-corrected chi connectivity index (χ3v) is 2.03. The van der Waals surface area contributed by atoms with Gasteiger partial charge in [-0.15, -0.1) is 0 Å². The largest absolute Gasteiger partial charge is 0.444 e. The van der Waals surface area contributed by atoms with Gasteiger partial charge in [-0.05, 0) is 25.6 Å². The van der Waals surface area contributed by atoms with Gasteiger partial charge in [-0.2, -0.15) is 0 Å². The van der Waals surface area contributed by atoms with Crippen molar-refractivity contribution in [3.8, 4) is 10.8 Å². The minimum Gasteiger partial charge on any atom is -0.444 e. The summed E-state index contributed by atoms with van der Waals surface area (Å²) >= 11 is 2.91. The Morgan fingerprint density at radius 3 is 2.47 bits per heavy atom. The summed E-state index contributed by atoms with van der Waals surface area (Å²) in [5, 5.41) is 9.67. The van der Waals surface area contributed by atoms with Crippen LogP contribution in [0.25, 0.3) is 0 Å². The van der Waals surface area contributed by atoms with Crippen LogP contribution in [0.5, 0.6) is 0 Å². The van der Waals surface area contributed by atoms with Gasteiger partial charge in [0.25, 0.3) is 0 Å². The highest BCUT2D eigenvalue weighted by atomic mass is 79.9. The lowest BCUT2D eigenvalue weighted by Crippen LogP contribution is -2.63. The predicted octanol–water partition coefficient (Wildman–Crippen LogP) is 1.32. The van der Waals surface area contributed by atoms with Crippen LogP contribution in [-0.2, 0) is 4.74 Å². The van der Waals surface area contributed by atoms with Crippen molar-refractivity contribution in [1.29, 1.82) is 0 Å². The molecule has 0 unspecified atom stereocenters. The van der Waals surface area contributed by atoms with Crippen LogP contribution < -0.4 is 0 Å². The molecule has 0 aromatic rings. The second-order valence-corrected chi connectivity index (χ2v) is 4.98. The van der Waals surface area contributed by atoms with Gasteiger partial charge in [-0.3, -0.25) is 0 Å². The summed E-state index contributed by atoms with van der Waals surface area (Å²) in [4.78, 5) is 15.3. The third-order valence-electron chi connectivity index (χ3n) is 1.84. The number of rotatable bonds is 0. The Labute approximate surface area is 97.7 Å². The molecule has 15 heavy (non-hydrogen) atoms. The van der Waals surface area contributed by atoms with E-state index in [1.807, 2.05) is 0 Å². The summed E-state index contributed by atoms with van der Waals surface area (Å²) < 4.78 is 5.13. The Morgan fingerprint density at radius 1 is 1.53 bits per heavy atom. The lowest BCUT2D eigenvalue weighted by Gasteiger charge is -2.43. The fourth-order valence-electron chi connectivity index (χ4n) is 1.21. The van der Waals surface area contributed by atoms with Crippen LogP contribution >= 0.6 is 15.9 Å². The molecular formula is C10H14BrNO3. The van der Waals surface area contributed by atoms with Gasteiger partial charge >= 0.3 is 6.09 Å². The van der Waals surface area contributed by atoms with Gasteiger partial charge in [0.05, 0.1) is 13.1 Å². The molecule has 0 radical (unpaired) electrons. The minimum absolute atomic E-state index is 0.195. The lowest BCUT2D eigenvalue weighted by molar-refractivity contribution is -0.0637. The minimum atomic E-state index is -1.08. The molecule has 84 valence electrons. The zero-order valence-corrected chi connectivity index (χ0v) is 10.6. The van der Waals surface area contributed by atoms with Crippen molar-refractivity contribution in [3.63, 3.8) is 0 Å². The molecular weight excluding hydrogens is 262 g/mol. The van der Waals surface area contributed by atoms with Crippen LogP contribution in [-0.4, -0.2) is 40.4 Å². The first-order chi connectivity index (χ1) is 6.76. The van der Waals surface area contributed by atoms with Gasteiger partial charge in [0.2, 0.25) is 0 Å². The maximum atomic E-state index is 11.5. The van der Waals surface area contributed by atoms with Crippen LogP contribution in [0.3, 0.4) is 0 Å². The topological polar surface area (TPSA) is 49.8 Å². The van der Waals surface area contributed by atoms with Crippen LogP contribution in [0.1, 0.15) is 20.8 Å². The zero-order chi connectivity index (χ0) is 11.7. The van der Waals surface area contributed by atoms with Crippen molar-refractivity contribution in [2.24, 2.45) is 0 Å². The predicted molar refractivity (Wildman–Crippen MR) is 59.5 cm³/mol. The molecule has 1 aliphatic rings. The van der Waals surface area contributed by atoms with E-state index in [9.17, 15) is 9.90 Å². The second kappa shape index (κ2) is 4.03. The zero-order valence-electron chi connectivity index (χ0n) is 9.00. The number of ether oxygens (including phenoxy) is 1. The van der Waals surface area contributed by atoms with Gasteiger partial charge in [0, 0.05) is 15.9 Å². The van der Waals surface area contributed by atoms with Crippen LogP contribution in [0.4, 0.5) is 4.79 Å². The van der Waals surface area contributed by atoms with Gasteiger partial charge in [-0.1, -0.05) is 5.92 Å². The quantitative estimate of drug-likeness (QED) is 0.679. The van der Waals surface area contributed by atoms with E-state index < -0.39 is 17.3 Å². The third kappa shape index (κ3) is 3.40. The summed E-state index contributed by atoms with van der Waals surface area (Å²) in [5.41, 5.74) is -1.59. The molecule has 0 bridgehead atoms. The van der Waals surface area contributed by atoms with E-state index in [1.165, 1.54) is 4.90 Å². The van der Waals surface area contributed by atoms with Crippen molar-refractivity contribution in [1.82, 2.24) is 4.90 Å². The molecule has 0 spiro atoms. The fourth-order valence-corrected chi connectivity index (χ4v) is 1.58. The molecule has 1 saturated heterocycles. The van der Waals surface area contributed by atoms with E-state index in [4.69, 9.17) is 4.74 Å². The van der Waals surface area contributed by atoms with E-state index in [2.05, 4.69) is 26.7 Å². The first kappa shape index (κ1) is 12.3. The smallest absolute Gasteiger partial charge is 0.410 e. The highest BCUT2D eigenvalue weighted by molar-refractivity contribution is 9.12. The summed E-state index contributed by atoms with van der Waals surface area (Å²) in [6, 6.07) is 0. The number of amides is 1. The molecule has 1 rings (SSSR count). The number of hydrogen-bond acceptors (Lipinski definition) is 3. The highest BCUT2D eigenvalue weighted by Gasteiger charge is 2.44. The summed E-state index contributed by atoms with van der Waals surface area (Å²) in [6.07, 6.45) is -0.413. The van der Waals surface area contributed by atoms with E-state index in [-0.39, 0.29) is 13.1 Å². The summed E-state index contributed by atoms with van der Waals surface area (Å²) in [6.45, 7) is 5.79. The van der Waals surface area contributed by atoms with Crippen molar-refractivity contribution < 1.29 is 14.6 Å². The van der Waals surface area contributed by atoms with Gasteiger partial charge in [-0.25, -0.2) is 4.79 Å². The standard InChI is InChI=1S/C10H14BrNO3/c1-9(2,3)15-8(13)12-6-10(14,7-12)4-5-11/h14H,6-7H2,1-3H3. The molecule has 0 saturated carbocycles. The molecule has 4 nitrogen and oxygen atoms in total. The SMILES string of the molecule is CC(C)(C)OC(=O)N1CC(O)(C#CBr)C1. The number of halogens is 1. The van der Waals surface area contributed by atoms with Gasteiger partial charge < -0.3 is 14.7 Å². The van der Waals surface area contributed by atoms with E-state index >= 15 is 0 Å². The number of aliphatic hydroxyl groups is 1. The Bertz CT molecular complexity index is 318. The molecule has 0 atom stereocenters. The first-order valence-corrected chi connectivity index (χ1v) is 5.38. The Kier molecular flexibility index (Phi) is 3.31. The molecule has 0 aromatic carbocycles. The molecule has 1 fully saturated rings. The van der Waals surface area contributed by atoms with E-state index in [0.29, 0.717) is 0 Å². The van der Waals surface area contributed by atoms with Crippen LogP contribution in [0.15, 0.2) is 0 Å². The molecule has 0 aromatic heterocycles. The van der Waals surface area contributed by atoms with Crippen molar-refractivity contribution in [2.45, 2.75) is 32.0 Å². The van der Waals surface area contributed by atoms with Crippen LogP contribution in [0, 0.1) is 10.8 Å². The first-order valence-electron chi connectivity index (χ1n) is 4.59. The molecule has 5 heteroatoms. The average molecular weight is 276 g/mol. The summed E-state index contributed by atoms with van der Waals surface area (Å²) in [7, 11) is 0. The second-order valence-electron chi connectivity index (χ2n) is 4.59. The average Bonchev–Trinajstić information content (AvgIpc) is 1.96. The Morgan fingerprint density at radius 2 is 2.07 bits per heavy atom. The normalized spacial score (nSPS) is 18.6. The monoisotopic (exact) mass is 275 g/mol. The maximum absolute atomic E-state index is 11.5. The Hall–Kier alpha value is -0.730. The summed E-state index contributed by atoms with van der Waals surface area (Å²) in [5.74, 6) is 2.58. The van der Waals surface area contributed by atoms with E-state index in [1.54, 1.807) is 20.8 Å². The molecule has 1 aliphatic heterocycles. The van der Waals surface area contributed by atoms with Gasteiger partial charge in [0.1, 0.15) is 5.60 Å². The highest BCUT2D eigenvalue weighted by Crippen LogP contribution is 2.22. The molecule has 0 aliphatic carbocycles. The number of hydrogen-bond donors (Lipinski definition) is 1. The number of carbonyl (C=O) groups excluding carboxylic acids is 1. The number of likely N-dealkylation sites (tertiary alicyclic amines) is 1. The molecule has 1 N–H and O–H groups in total. The van der Waals surface area contributed by atoms with E-state index in [0.717, 1.165) is 0 Å². The Balaban J connectivity index is 2.45. The number of nitrogens with zero attached hydrogens (tertiary/aromatic N) is 1. The number of carbonyl (C=O) groups is 1. The van der Waals surface area contributed by atoms with Gasteiger partial charge in [0.15, 0.2) is 5.60 Å². The molecule has 1 amide bonds. The molecule has 1 heterocycles. The van der Waals surface area contributed by atoms with Crippen molar-refractivity contribution >= 4 is 22.0 Å².